The van der Waals surface area contributed by atoms with E-state index in [-0.39, 0.29) is 0 Å². The van der Waals surface area contributed by atoms with E-state index in [1.54, 1.807) is 0 Å². The van der Waals surface area contributed by atoms with E-state index < -0.39 is 0 Å². The van der Waals surface area contributed by atoms with Crippen molar-refractivity contribution in [2.45, 2.75) is 25.7 Å². The molecule has 0 bridgehead atoms. The molecule has 1 aliphatic heterocycles. The minimum absolute atomic E-state index is 0.435. The highest BCUT2D eigenvalue weighted by molar-refractivity contribution is 8.22. The highest BCUT2D eigenvalue weighted by Crippen LogP contribution is 2.41. The van der Waals surface area contributed by atoms with Gasteiger partial charge in [0.15, 0.2) is 0 Å². The van der Waals surface area contributed by atoms with Gasteiger partial charge in [0.1, 0.15) is 5.78 Å². The van der Waals surface area contributed by atoms with E-state index >= 15 is 0 Å². The van der Waals surface area contributed by atoms with Crippen LogP contribution in [0, 0.1) is 0 Å². The molecular formula is C9H12OS2. The van der Waals surface area contributed by atoms with Gasteiger partial charge in [0.05, 0.1) is 0 Å². The van der Waals surface area contributed by atoms with Gasteiger partial charge in [0, 0.05) is 17.1 Å². The van der Waals surface area contributed by atoms with Crippen molar-refractivity contribution < 1.29 is 4.79 Å². The standard InChI is InChI=1S/C9H12OS2/c10-8-3-2-7(6-8)9-11-4-1-5-12-9/h1-6H2. The second-order valence-electron chi connectivity index (χ2n) is 3.16. The van der Waals surface area contributed by atoms with Gasteiger partial charge in [-0.05, 0) is 29.9 Å². The largest absolute Gasteiger partial charge is 0.299 e. The minimum Gasteiger partial charge on any atom is -0.299 e. The zero-order valence-electron chi connectivity index (χ0n) is 6.97. The summed E-state index contributed by atoms with van der Waals surface area (Å²) in [6, 6.07) is 0. The number of carbonyl (C=O) groups is 1. The van der Waals surface area contributed by atoms with Crippen molar-refractivity contribution in [1.82, 2.24) is 0 Å². The Hall–Kier alpha value is 0.110. The van der Waals surface area contributed by atoms with Crippen molar-refractivity contribution in [3.05, 3.63) is 9.81 Å². The third-order valence-electron chi connectivity index (χ3n) is 2.16. The van der Waals surface area contributed by atoms with Crippen molar-refractivity contribution in [3.8, 4) is 0 Å². The lowest BCUT2D eigenvalue weighted by molar-refractivity contribution is -0.117. The lowest BCUT2D eigenvalue weighted by Gasteiger charge is -2.14. The second kappa shape index (κ2) is 3.88. The Balaban J connectivity index is 2.08. The Bertz CT molecular complexity index is 225. The Morgan fingerprint density at radius 3 is 2.42 bits per heavy atom. The molecular weight excluding hydrogens is 188 g/mol. The maximum atomic E-state index is 11.0. The first-order valence-electron chi connectivity index (χ1n) is 4.35. The Labute approximate surface area is 81.4 Å². The number of carbonyl (C=O) groups excluding carboxylic acids is 1. The highest BCUT2D eigenvalue weighted by Gasteiger charge is 2.20. The fraction of sp³-hybridized carbons (Fsp3) is 0.667. The van der Waals surface area contributed by atoms with E-state index in [9.17, 15) is 4.79 Å². The molecule has 1 saturated heterocycles. The van der Waals surface area contributed by atoms with Crippen LogP contribution in [-0.2, 0) is 4.79 Å². The fourth-order valence-corrected chi connectivity index (χ4v) is 4.23. The summed E-state index contributed by atoms with van der Waals surface area (Å²) in [5.74, 6) is 2.93. The molecule has 3 heteroatoms. The number of thioether (sulfide) groups is 2. The molecule has 1 nitrogen and oxygen atoms in total. The molecule has 2 rings (SSSR count). The van der Waals surface area contributed by atoms with Crippen LogP contribution in [-0.4, -0.2) is 17.3 Å². The van der Waals surface area contributed by atoms with Crippen LogP contribution >= 0.6 is 23.5 Å². The van der Waals surface area contributed by atoms with Crippen LogP contribution in [0.25, 0.3) is 0 Å². The molecule has 12 heavy (non-hydrogen) atoms. The first-order valence-corrected chi connectivity index (χ1v) is 6.33. The van der Waals surface area contributed by atoms with Gasteiger partial charge in [0.25, 0.3) is 0 Å². The summed E-state index contributed by atoms with van der Waals surface area (Å²) < 4.78 is 1.46. The molecule has 0 aromatic carbocycles. The SMILES string of the molecule is O=C1CCC(=C2SCCCS2)C1. The molecule has 1 saturated carbocycles. The summed E-state index contributed by atoms with van der Waals surface area (Å²) in [5, 5.41) is 0. The smallest absolute Gasteiger partial charge is 0.137 e. The predicted octanol–water partition coefficient (Wildman–Crippen LogP) is 2.82. The van der Waals surface area contributed by atoms with Gasteiger partial charge < -0.3 is 0 Å². The molecule has 1 heterocycles. The third-order valence-corrected chi connectivity index (χ3v) is 4.95. The van der Waals surface area contributed by atoms with E-state index in [2.05, 4.69) is 0 Å². The van der Waals surface area contributed by atoms with Crippen molar-refractivity contribution >= 4 is 29.3 Å². The zero-order valence-corrected chi connectivity index (χ0v) is 8.60. The Morgan fingerprint density at radius 1 is 1.08 bits per heavy atom. The van der Waals surface area contributed by atoms with Crippen LogP contribution in [0.5, 0.6) is 0 Å². The average molecular weight is 200 g/mol. The van der Waals surface area contributed by atoms with E-state index in [0.717, 1.165) is 19.3 Å². The van der Waals surface area contributed by atoms with Gasteiger partial charge in [-0.15, -0.1) is 23.5 Å². The summed E-state index contributed by atoms with van der Waals surface area (Å²) in [5.41, 5.74) is 1.43. The van der Waals surface area contributed by atoms with Gasteiger partial charge in [-0.1, -0.05) is 0 Å². The summed E-state index contributed by atoms with van der Waals surface area (Å²) >= 11 is 3.91. The van der Waals surface area contributed by atoms with Crippen molar-refractivity contribution in [3.63, 3.8) is 0 Å². The monoisotopic (exact) mass is 200 g/mol. The van der Waals surface area contributed by atoms with Crippen LogP contribution in [0.3, 0.4) is 0 Å². The molecule has 0 aromatic rings. The second-order valence-corrected chi connectivity index (χ2v) is 5.63. The Kier molecular flexibility index (Phi) is 2.81. The molecule has 0 radical (unpaired) electrons. The average Bonchev–Trinajstić information content (AvgIpc) is 2.54. The lowest BCUT2D eigenvalue weighted by Crippen LogP contribution is -1.94. The topological polar surface area (TPSA) is 17.1 Å². The number of hydrogen-bond donors (Lipinski definition) is 0. The minimum atomic E-state index is 0.435. The molecule has 2 fully saturated rings. The molecule has 0 amide bonds. The van der Waals surface area contributed by atoms with Crippen molar-refractivity contribution in [1.29, 1.82) is 0 Å². The first-order chi connectivity index (χ1) is 5.86. The number of hydrogen-bond acceptors (Lipinski definition) is 3. The highest BCUT2D eigenvalue weighted by atomic mass is 32.2. The molecule has 0 N–H and O–H groups in total. The van der Waals surface area contributed by atoms with Crippen LogP contribution in [0.4, 0.5) is 0 Å². The van der Waals surface area contributed by atoms with E-state index in [1.807, 2.05) is 23.5 Å². The van der Waals surface area contributed by atoms with Gasteiger partial charge >= 0.3 is 0 Å². The Morgan fingerprint density at radius 2 is 1.83 bits per heavy atom. The maximum absolute atomic E-state index is 11.0. The maximum Gasteiger partial charge on any atom is 0.137 e. The summed E-state index contributed by atoms with van der Waals surface area (Å²) in [7, 11) is 0. The number of Topliss-reactive ketones (excluding diaryl/α,β-unsaturated/α-hetero) is 1. The fourth-order valence-electron chi connectivity index (χ4n) is 1.51. The van der Waals surface area contributed by atoms with Gasteiger partial charge in [0.2, 0.25) is 0 Å². The van der Waals surface area contributed by atoms with Crippen molar-refractivity contribution in [2.24, 2.45) is 0 Å². The van der Waals surface area contributed by atoms with Crippen LogP contribution in [0.15, 0.2) is 9.81 Å². The van der Waals surface area contributed by atoms with Crippen LogP contribution in [0.1, 0.15) is 25.7 Å². The summed E-state index contributed by atoms with van der Waals surface area (Å²) in [6.45, 7) is 0. The molecule has 1 aliphatic carbocycles. The van der Waals surface area contributed by atoms with E-state index in [1.165, 1.54) is 27.7 Å². The van der Waals surface area contributed by atoms with Gasteiger partial charge in [-0.2, -0.15) is 0 Å². The third kappa shape index (κ3) is 1.88. The summed E-state index contributed by atoms with van der Waals surface area (Å²) in [4.78, 5) is 11.0. The zero-order chi connectivity index (χ0) is 8.39. The van der Waals surface area contributed by atoms with E-state index in [0.29, 0.717) is 5.78 Å². The van der Waals surface area contributed by atoms with Crippen molar-refractivity contribution in [2.75, 3.05) is 11.5 Å². The normalized spacial score (nSPS) is 25.2. The quantitative estimate of drug-likeness (QED) is 0.598. The molecule has 2 aliphatic rings. The molecule has 0 atom stereocenters. The number of allylic oxidation sites excluding steroid dienone is 1. The van der Waals surface area contributed by atoms with Gasteiger partial charge in [-0.3, -0.25) is 4.79 Å². The van der Waals surface area contributed by atoms with Gasteiger partial charge in [-0.25, -0.2) is 0 Å². The van der Waals surface area contributed by atoms with Crippen LogP contribution in [0.2, 0.25) is 0 Å². The molecule has 0 aromatic heterocycles. The number of ketones is 1. The molecule has 66 valence electrons. The molecule has 0 unspecified atom stereocenters. The molecule has 0 spiro atoms. The summed E-state index contributed by atoms with van der Waals surface area (Å²) in [6.07, 6.45) is 3.89. The number of rotatable bonds is 0. The first kappa shape index (κ1) is 8.70. The van der Waals surface area contributed by atoms with Crippen LogP contribution < -0.4 is 0 Å². The lowest BCUT2D eigenvalue weighted by atomic mass is 10.3. The van der Waals surface area contributed by atoms with E-state index in [4.69, 9.17) is 0 Å². The predicted molar refractivity (Wildman–Crippen MR) is 55.4 cm³/mol.